The van der Waals surface area contributed by atoms with Gasteiger partial charge in [0.05, 0.1) is 24.7 Å². The number of rotatable bonds is 10. The van der Waals surface area contributed by atoms with Crippen molar-refractivity contribution in [3.63, 3.8) is 0 Å². The van der Waals surface area contributed by atoms with E-state index in [1.165, 1.54) is 19.4 Å². The number of aromatic nitrogens is 2. The second kappa shape index (κ2) is 12.0. The van der Waals surface area contributed by atoms with E-state index < -0.39 is 39.1 Å². The lowest BCUT2D eigenvalue weighted by atomic mass is 10.2. The molecule has 1 fully saturated rings. The molecular formula is C21H29F2N7O4S. The third kappa shape index (κ3) is 7.44. The highest BCUT2D eigenvalue weighted by Crippen LogP contribution is 2.27. The van der Waals surface area contributed by atoms with Gasteiger partial charge in [0.1, 0.15) is 29.5 Å². The van der Waals surface area contributed by atoms with Crippen LogP contribution in [0.25, 0.3) is 0 Å². The first kappa shape index (κ1) is 26.5. The molecule has 2 aromatic rings. The number of sulfonamides is 1. The minimum atomic E-state index is -3.81. The lowest BCUT2D eigenvalue weighted by Crippen LogP contribution is -2.39. The Bertz CT molecular complexity index is 1130. The normalized spacial score (nSPS) is 14.4. The lowest BCUT2D eigenvalue weighted by Gasteiger charge is -2.26. The smallest absolute Gasteiger partial charge is 0.327 e. The van der Waals surface area contributed by atoms with Crippen molar-refractivity contribution in [3.8, 4) is 0 Å². The Morgan fingerprint density at radius 2 is 1.97 bits per heavy atom. The van der Waals surface area contributed by atoms with Gasteiger partial charge in [-0.15, -0.1) is 0 Å². The van der Waals surface area contributed by atoms with Crippen LogP contribution >= 0.6 is 0 Å². The van der Waals surface area contributed by atoms with E-state index in [9.17, 15) is 22.0 Å². The summed E-state index contributed by atoms with van der Waals surface area (Å²) in [6.07, 6.45) is 1.58. The van der Waals surface area contributed by atoms with Gasteiger partial charge in [-0.3, -0.25) is 14.5 Å². The minimum Gasteiger partial charge on any atom is -0.379 e. The zero-order valence-corrected chi connectivity index (χ0v) is 20.4. The average molecular weight is 514 g/mol. The quantitative estimate of drug-likeness (QED) is 0.442. The summed E-state index contributed by atoms with van der Waals surface area (Å²) in [4.78, 5) is 24.2. The number of carbonyl (C=O) groups excluding carboxylic acids is 1. The van der Waals surface area contributed by atoms with Gasteiger partial charge >= 0.3 is 6.03 Å². The predicted molar refractivity (Wildman–Crippen MR) is 129 cm³/mol. The summed E-state index contributed by atoms with van der Waals surface area (Å²) in [5, 5.41) is 5.30. The highest BCUT2D eigenvalue weighted by molar-refractivity contribution is 7.92. The first-order chi connectivity index (χ1) is 16.7. The van der Waals surface area contributed by atoms with E-state index in [0.29, 0.717) is 32.0 Å². The molecule has 0 bridgehead atoms. The summed E-state index contributed by atoms with van der Waals surface area (Å²) in [5.41, 5.74) is -1.25. The zero-order valence-electron chi connectivity index (χ0n) is 19.6. The van der Waals surface area contributed by atoms with Crippen molar-refractivity contribution in [1.29, 1.82) is 0 Å². The fraction of sp³-hybridized carbons (Fsp3) is 0.476. The number of nitrogens with one attached hydrogen (secondary N) is 3. The highest BCUT2D eigenvalue weighted by Gasteiger charge is 2.22. The monoisotopic (exact) mass is 513 g/mol. The van der Waals surface area contributed by atoms with Crippen molar-refractivity contribution in [2.45, 2.75) is 13.3 Å². The average Bonchev–Trinajstić information content (AvgIpc) is 2.84. The van der Waals surface area contributed by atoms with Crippen molar-refractivity contribution >= 4 is 39.1 Å². The Balaban J connectivity index is 1.65. The van der Waals surface area contributed by atoms with Gasteiger partial charge < -0.3 is 15.4 Å². The van der Waals surface area contributed by atoms with Crippen LogP contribution in [0.15, 0.2) is 24.5 Å². The maximum atomic E-state index is 14.8. The minimum absolute atomic E-state index is 0.187. The van der Waals surface area contributed by atoms with Crippen LogP contribution in [-0.4, -0.2) is 81.5 Å². The van der Waals surface area contributed by atoms with Crippen LogP contribution in [0.5, 0.6) is 0 Å². The molecule has 0 aliphatic carbocycles. The number of nitrogens with zero attached hydrogens (tertiary/aromatic N) is 4. The largest absolute Gasteiger partial charge is 0.379 e. The molecular weight excluding hydrogens is 484 g/mol. The van der Waals surface area contributed by atoms with Crippen LogP contribution < -0.4 is 20.3 Å². The SMILES string of the molecule is CCCS(=O)(=O)Nc1ccc(F)c(NC(=O)N(C)c2cc(NCCN3CCOCC3)ncn2)c1F. The summed E-state index contributed by atoms with van der Waals surface area (Å²) in [7, 11) is -2.44. The molecule has 11 nitrogen and oxygen atoms in total. The maximum absolute atomic E-state index is 14.8. The maximum Gasteiger partial charge on any atom is 0.327 e. The van der Waals surface area contributed by atoms with Crippen LogP contribution in [0, 0.1) is 11.6 Å². The molecule has 1 aliphatic heterocycles. The summed E-state index contributed by atoms with van der Waals surface area (Å²) in [6.45, 7) is 6.17. The molecule has 1 saturated heterocycles. The Kier molecular flexibility index (Phi) is 9.12. The van der Waals surface area contributed by atoms with Gasteiger partial charge in [-0.2, -0.15) is 0 Å². The fourth-order valence-corrected chi connectivity index (χ4v) is 4.45. The number of halogens is 2. The van der Waals surface area contributed by atoms with E-state index in [1.807, 2.05) is 0 Å². The second-order valence-corrected chi connectivity index (χ2v) is 9.68. The number of amides is 2. The molecule has 3 N–H and O–H groups in total. The molecule has 0 saturated carbocycles. The van der Waals surface area contributed by atoms with Gasteiger partial charge in [-0.25, -0.2) is 32.0 Å². The Morgan fingerprint density at radius 1 is 1.23 bits per heavy atom. The van der Waals surface area contributed by atoms with Crippen LogP contribution in [0.2, 0.25) is 0 Å². The van der Waals surface area contributed by atoms with Crippen LogP contribution in [0.3, 0.4) is 0 Å². The summed E-state index contributed by atoms with van der Waals surface area (Å²) >= 11 is 0. The second-order valence-electron chi connectivity index (χ2n) is 7.84. The van der Waals surface area contributed by atoms with E-state index in [2.05, 4.69) is 30.2 Å². The van der Waals surface area contributed by atoms with Crippen molar-refractivity contribution in [3.05, 3.63) is 36.2 Å². The summed E-state index contributed by atoms with van der Waals surface area (Å²) < 4.78 is 60.5. The molecule has 2 amide bonds. The molecule has 0 radical (unpaired) electrons. The molecule has 1 aromatic carbocycles. The first-order valence-electron chi connectivity index (χ1n) is 11.1. The number of hydrogen-bond donors (Lipinski definition) is 3. The number of ether oxygens (including phenoxy) is 1. The van der Waals surface area contributed by atoms with Gasteiger partial charge in [-0.1, -0.05) is 6.92 Å². The number of carbonyl (C=O) groups is 1. The number of benzene rings is 1. The number of anilines is 4. The van der Waals surface area contributed by atoms with Gasteiger partial charge in [0, 0.05) is 39.3 Å². The van der Waals surface area contributed by atoms with Crippen LogP contribution in [0.4, 0.5) is 36.6 Å². The third-order valence-corrected chi connectivity index (χ3v) is 6.68. The molecule has 14 heteroatoms. The molecule has 1 aromatic heterocycles. The fourth-order valence-electron chi connectivity index (χ4n) is 3.32. The van der Waals surface area contributed by atoms with E-state index in [1.54, 1.807) is 6.92 Å². The van der Waals surface area contributed by atoms with Crippen LogP contribution in [-0.2, 0) is 14.8 Å². The Hall–Kier alpha value is -3.10. The lowest BCUT2D eigenvalue weighted by molar-refractivity contribution is 0.0398. The first-order valence-corrected chi connectivity index (χ1v) is 12.7. The van der Waals surface area contributed by atoms with Crippen LogP contribution in [0.1, 0.15) is 13.3 Å². The zero-order chi connectivity index (χ0) is 25.4. The highest BCUT2D eigenvalue weighted by atomic mass is 32.2. The summed E-state index contributed by atoms with van der Waals surface area (Å²) in [6, 6.07) is 2.47. The van der Waals surface area contributed by atoms with E-state index in [0.717, 1.165) is 36.7 Å². The molecule has 0 atom stereocenters. The molecule has 0 spiro atoms. The Morgan fingerprint density at radius 3 is 2.69 bits per heavy atom. The molecule has 2 heterocycles. The third-order valence-electron chi connectivity index (χ3n) is 5.20. The summed E-state index contributed by atoms with van der Waals surface area (Å²) in [5.74, 6) is -1.86. The van der Waals surface area contributed by atoms with Gasteiger partial charge in [0.2, 0.25) is 10.0 Å². The van der Waals surface area contributed by atoms with E-state index in [-0.39, 0.29) is 11.6 Å². The van der Waals surface area contributed by atoms with Crippen molar-refractivity contribution < 1.29 is 26.7 Å². The van der Waals surface area contributed by atoms with Gasteiger partial charge in [0.15, 0.2) is 5.82 Å². The molecule has 0 unspecified atom stereocenters. The standard InChI is InChI=1S/C21H29F2N7O4S/c1-3-12-35(32,33)28-16-5-4-15(22)20(19(16)23)27-21(31)29(2)18-13-17(25-14-26-18)24-6-7-30-8-10-34-11-9-30/h4-5,13-14,28H,3,6-12H2,1-2H3,(H,27,31)(H,24,25,26). The molecule has 35 heavy (non-hydrogen) atoms. The van der Waals surface area contributed by atoms with Crippen molar-refractivity contribution in [2.24, 2.45) is 0 Å². The van der Waals surface area contributed by atoms with Gasteiger partial charge in [0.25, 0.3) is 0 Å². The Labute approximate surface area is 202 Å². The van der Waals surface area contributed by atoms with E-state index in [4.69, 9.17) is 4.74 Å². The molecule has 3 rings (SSSR count). The molecule has 192 valence electrons. The van der Waals surface area contributed by atoms with Crippen molar-refractivity contribution in [1.82, 2.24) is 14.9 Å². The topological polar surface area (TPSA) is 129 Å². The van der Waals surface area contributed by atoms with Gasteiger partial charge in [-0.05, 0) is 18.6 Å². The predicted octanol–water partition coefficient (Wildman–Crippen LogP) is 2.32. The number of urea groups is 1. The van der Waals surface area contributed by atoms with E-state index >= 15 is 0 Å². The molecule has 1 aliphatic rings. The number of morpholine rings is 1. The van der Waals surface area contributed by atoms with Crippen molar-refractivity contribution in [2.75, 3.05) is 72.4 Å². The number of hydrogen-bond acceptors (Lipinski definition) is 8.